The molecule has 108 valence electrons. The van der Waals surface area contributed by atoms with Gasteiger partial charge in [-0.05, 0) is 43.5 Å². The Balaban J connectivity index is 2.57. The molecule has 0 fully saturated rings. The molecule has 0 aliphatic carbocycles. The summed E-state index contributed by atoms with van der Waals surface area (Å²) in [4.78, 5) is 0.311. The molecule has 5 heteroatoms. The van der Waals surface area contributed by atoms with Gasteiger partial charge in [0.1, 0.15) is 0 Å². The fourth-order valence-corrected chi connectivity index (χ4v) is 3.38. The summed E-state index contributed by atoms with van der Waals surface area (Å²) in [5.41, 5.74) is 0. The lowest BCUT2D eigenvalue weighted by molar-refractivity contribution is 0.488. The lowest BCUT2D eigenvalue weighted by Gasteiger charge is -2.14. The highest BCUT2D eigenvalue weighted by Crippen LogP contribution is 2.16. The van der Waals surface area contributed by atoms with Gasteiger partial charge >= 0.3 is 0 Å². The van der Waals surface area contributed by atoms with E-state index < -0.39 is 10.0 Å². The molecule has 0 heterocycles. The van der Waals surface area contributed by atoms with Gasteiger partial charge in [0, 0.05) is 10.5 Å². The summed E-state index contributed by atoms with van der Waals surface area (Å²) in [5.74, 6) is 0.662. The highest BCUT2D eigenvalue weighted by Gasteiger charge is 2.16. The average Bonchev–Trinajstić information content (AvgIpc) is 2.28. The van der Waals surface area contributed by atoms with E-state index in [2.05, 4.69) is 34.5 Å². The molecular weight excluding hydrogens is 326 g/mol. The molecule has 0 bridgehead atoms. The summed E-state index contributed by atoms with van der Waals surface area (Å²) in [5, 5.41) is 0. The average molecular weight is 348 g/mol. The molecule has 0 saturated carbocycles. The smallest absolute Gasteiger partial charge is 0.208 e. The standard InChI is InChI=1S/C14H22BrNO2S/c1-11(2)5-4-6-12(3)16-19(17,18)14-9-7-13(15)8-10-14/h7-12,16H,4-6H2,1-3H3. The van der Waals surface area contributed by atoms with Gasteiger partial charge in [0.05, 0.1) is 4.90 Å². The molecule has 1 unspecified atom stereocenters. The normalized spacial score (nSPS) is 13.7. The van der Waals surface area contributed by atoms with Gasteiger partial charge in [-0.3, -0.25) is 0 Å². The molecule has 1 atom stereocenters. The second-order valence-electron chi connectivity index (χ2n) is 5.30. The topological polar surface area (TPSA) is 46.2 Å². The van der Waals surface area contributed by atoms with Crippen LogP contribution in [0.4, 0.5) is 0 Å². The number of nitrogens with one attached hydrogen (secondary N) is 1. The Hall–Kier alpha value is -0.390. The third kappa shape index (κ3) is 6.06. The van der Waals surface area contributed by atoms with Crippen molar-refractivity contribution in [2.24, 2.45) is 5.92 Å². The van der Waals surface area contributed by atoms with Crippen molar-refractivity contribution in [2.75, 3.05) is 0 Å². The van der Waals surface area contributed by atoms with Crippen molar-refractivity contribution in [1.82, 2.24) is 4.72 Å². The van der Waals surface area contributed by atoms with Crippen molar-refractivity contribution in [1.29, 1.82) is 0 Å². The number of hydrogen-bond acceptors (Lipinski definition) is 2. The maximum absolute atomic E-state index is 12.1. The Morgan fingerprint density at radius 2 is 1.68 bits per heavy atom. The van der Waals surface area contributed by atoms with E-state index >= 15 is 0 Å². The van der Waals surface area contributed by atoms with E-state index in [4.69, 9.17) is 0 Å². The fourth-order valence-electron chi connectivity index (χ4n) is 1.84. The second-order valence-corrected chi connectivity index (χ2v) is 7.93. The summed E-state index contributed by atoms with van der Waals surface area (Å²) >= 11 is 3.30. The Kier molecular flexibility index (Phi) is 6.50. The predicted octanol–water partition coefficient (Wildman–Crippen LogP) is 3.94. The van der Waals surface area contributed by atoms with E-state index in [9.17, 15) is 8.42 Å². The summed E-state index contributed by atoms with van der Waals surface area (Å²) in [6.07, 6.45) is 3.04. The molecule has 3 nitrogen and oxygen atoms in total. The molecule has 0 aliphatic rings. The zero-order valence-electron chi connectivity index (χ0n) is 11.7. The molecule has 19 heavy (non-hydrogen) atoms. The van der Waals surface area contributed by atoms with Crippen LogP contribution in [0.25, 0.3) is 0 Å². The Morgan fingerprint density at radius 1 is 1.11 bits per heavy atom. The van der Waals surface area contributed by atoms with Crippen LogP contribution in [-0.2, 0) is 10.0 Å². The minimum atomic E-state index is -3.40. The monoisotopic (exact) mass is 347 g/mol. The van der Waals surface area contributed by atoms with Crippen LogP contribution in [-0.4, -0.2) is 14.5 Å². The summed E-state index contributed by atoms with van der Waals surface area (Å²) < 4.78 is 27.8. The molecular formula is C14H22BrNO2S. The van der Waals surface area contributed by atoms with Crippen molar-refractivity contribution in [3.63, 3.8) is 0 Å². The third-order valence-corrected chi connectivity index (χ3v) is 5.03. The molecule has 1 rings (SSSR count). The maximum Gasteiger partial charge on any atom is 0.240 e. The Labute approximate surface area is 125 Å². The van der Waals surface area contributed by atoms with E-state index in [-0.39, 0.29) is 6.04 Å². The van der Waals surface area contributed by atoms with Crippen molar-refractivity contribution >= 4 is 26.0 Å². The fraction of sp³-hybridized carbons (Fsp3) is 0.571. The van der Waals surface area contributed by atoms with Crippen LogP contribution in [0.5, 0.6) is 0 Å². The maximum atomic E-state index is 12.1. The van der Waals surface area contributed by atoms with E-state index in [0.29, 0.717) is 10.8 Å². The third-order valence-electron chi connectivity index (χ3n) is 2.90. The number of hydrogen-bond donors (Lipinski definition) is 1. The van der Waals surface area contributed by atoms with Gasteiger partial charge in [0.2, 0.25) is 10.0 Å². The molecule has 1 aromatic rings. The van der Waals surface area contributed by atoms with E-state index in [1.165, 1.54) is 0 Å². The highest BCUT2D eigenvalue weighted by atomic mass is 79.9. The lowest BCUT2D eigenvalue weighted by Crippen LogP contribution is -2.32. The molecule has 0 spiro atoms. The highest BCUT2D eigenvalue weighted by molar-refractivity contribution is 9.10. The summed E-state index contributed by atoms with van der Waals surface area (Å²) in [7, 11) is -3.40. The first-order valence-electron chi connectivity index (χ1n) is 6.59. The van der Waals surface area contributed by atoms with E-state index in [0.717, 1.165) is 23.7 Å². The summed E-state index contributed by atoms with van der Waals surface area (Å²) in [6.45, 7) is 6.27. The molecule has 0 radical (unpaired) electrons. The zero-order valence-corrected chi connectivity index (χ0v) is 14.1. The molecule has 0 saturated heterocycles. The first-order chi connectivity index (χ1) is 8.81. The van der Waals surface area contributed by atoms with Gasteiger partial charge < -0.3 is 0 Å². The lowest BCUT2D eigenvalue weighted by atomic mass is 10.0. The molecule has 0 amide bonds. The minimum Gasteiger partial charge on any atom is -0.208 e. The van der Waals surface area contributed by atoms with Gasteiger partial charge in [0.25, 0.3) is 0 Å². The van der Waals surface area contributed by atoms with Crippen LogP contribution < -0.4 is 4.72 Å². The van der Waals surface area contributed by atoms with Gasteiger partial charge in [-0.2, -0.15) is 0 Å². The SMILES string of the molecule is CC(C)CCCC(C)NS(=O)(=O)c1ccc(Br)cc1. The van der Waals surface area contributed by atoms with Gasteiger partial charge in [-0.15, -0.1) is 0 Å². The second kappa shape index (κ2) is 7.41. The zero-order chi connectivity index (χ0) is 14.5. The van der Waals surface area contributed by atoms with Crippen molar-refractivity contribution < 1.29 is 8.42 Å². The van der Waals surface area contributed by atoms with Crippen LogP contribution in [0.2, 0.25) is 0 Å². The van der Waals surface area contributed by atoms with Crippen LogP contribution >= 0.6 is 15.9 Å². The van der Waals surface area contributed by atoms with Crippen molar-refractivity contribution in [3.8, 4) is 0 Å². The first kappa shape index (κ1) is 16.7. The Bertz CT molecular complexity index is 483. The van der Waals surface area contributed by atoms with Crippen molar-refractivity contribution in [3.05, 3.63) is 28.7 Å². The molecule has 1 aromatic carbocycles. The van der Waals surface area contributed by atoms with E-state index in [1.54, 1.807) is 24.3 Å². The van der Waals surface area contributed by atoms with Crippen LogP contribution in [0.3, 0.4) is 0 Å². The predicted molar refractivity (Wildman–Crippen MR) is 82.6 cm³/mol. The van der Waals surface area contributed by atoms with Crippen molar-refractivity contribution in [2.45, 2.75) is 51.0 Å². The van der Waals surface area contributed by atoms with Gasteiger partial charge in [-0.1, -0.05) is 42.6 Å². The van der Waals surface area contributed by atoms with Crippen LogP contribution in [0, 0.1) is 5.92 Å². The number of sulfonamides is 1. The molecule has 1 N–H and O–H groups in total. The van der Waals surface area contributed by atoms with Crippen LogP contribution in [0.1, 0.15) is 40.0 Å². The molecule has 0 aliphatic heterocycles. The Morgan fingerprint density at radius 3 is 2.21 bits per heavy atom. The number of rotatable bonds is 7. The summed E-state index contributed by atoms with van der Waals surface area (Å²) in [6, 6.07) is 6.64. The number of halogens is 1. The largest absolute Gasteiger partial charge is 0.240 e. The molecule has 0 aromatic heterocycles. The van der Waals surface area contributed by atoms with Crippen LogP contribution in [0.15, 0.2) is 33.6 Å². The first-order valence-corrected chi connectivity index (χ1v) is 8.87. The minimum absolute atomic E-state index is 0.0348. The van der Waals surface area contributed by atoms with E-state index in [1.807, 2.05) is 6.92 Å². The quantitative estimate of drug-likeness (QED) is 0.811. The van der Waals surface area contributed by atoms with Gasteiger partial charge in [0.15, 0.2) is 0 Å². The van der Waals surface area contributed by atoms with Gasteiger partial charge in [-0.25, -0.2) is 13.1 Å². The number of benzene rings is 1.